The Morgan fingerprint density at radius 1 is 0.696 bits per heavy atom. The number of aliphatic hydroxyl groups is 1. The molecule has 2 rings (SSSR count). The lowest BCUT2D eigenvalue weighted by molar-refractivity contribution is -0.140. The highest BCUT2D eigenvalue weighted by Gasteiger charge is 2.22. The Kier molecular flexibility index (Phi) is 17.7. The van der Waals surface area contributed by atoms with Gasteiger partial charge in [0.2, 0.25) is 0 Å². The molecule has 17 heteroatoms. The first kappa shape index (κ1) is 39.0. The topological polar surface area (TPSA) is 225 Å². The summed E-state index contributed by atoms with van der Waals surface area (Å²) in [6.45, 7) is 7.04. The van der Waals surface area contributed by atoms with Crippen LogP contribution < -0.4 is 27.0 Å². The SMILES string of the molecule is CC(C)CCCCNc1c(NCCONC(O)CN2CCN(CC(=O)O)CCN(CC(=O)O)CCN(CC(=O)O)CC2)c(=O)c1=O. The third-order valence-electron chi connectivity index (χ3n) is 7.58. The molecule has 7 N–H and O–H groups in total. The second-order valence-electron chi connectivity index (χ2n) is 11.9. The monoisotopic (exact) mass is 657 g/mol. The van der Waals surface area contributed by atoms with Crippen molar-refractivity contribution in [3.05, 3.63) is 20.4 Å². The quantitative estimate of drug-likeness (QED) is 0.0357. The largest absolute Gasteiger partial charge is 0.480 e. The number of unbranched alkanes of at least 4 members (excludes halogenated alkanes) is 1. The predicted octanol–water partition coefficient (Wildman–Crippen LogP) is -1.75. The first-order chi connectivity index (χ1) is 21.8. The molecule has 46 heavy (non-hydrogen) atoms. The fourth-order valence-corrected chi connectivity index (χ4v) is 5.09. The van der Waals surface area contributed by atoms with Crippen molar-refractivity contribution < 1.29 is 39.6 Å². The van der Waals surface area contributed by atoms with Crippen LogP contribution in [-0.4, -0.2) is 162 Å². The van der Waals surface area contributed by atoms with Crippen LogP contribution >= 0.6 is 0 Å². The van der Waals surface area contributed by atoms with E-state index in [9.17, 15) is 44.4 Å². The first-order valence-corrected chi connectivity index (χ1v) is 15.8. The minimum Gasteiger partial charge on any atom is -0.480 e. The van der Waals surface area contributed by atoms with Crippen LogP contribution in [0.3, 0.4) is 0 Å². The summed E-state index contributed by atoms with van der Waals surface area (Å²) in [4.78, 5) is 70.4. The van der Waals surface area contributed by atoms with Crippen molar-refractivity contribution in [3.63, 3.8) is 0 Å². The number of β-amino-alcohol motifs (C(OH)–C–C–N with tert-alkyl or cyclic N) is 1. The highest BCUT2D eigenvalue weighted by atomic mass is 16.7. The second kappa shape index (κ2) is 20.8. The van der Waals surface area contributed by atoms with E-state index in [2.05, 4.69) is 30.0 Å². The maximum atomic E-state index is 12.0. The minimum absolute atomic E-state index is 0.0648. The molecule has 0 aromatic heterocycles. The molecule has 1 aromatic carbocycles. The highest BCUT2D eigenvalue weighted by Crippen LogP contribution is 2.14. The summed E-state index contributed by atoms with van der Waals surface area (Å²) in [6, 6.07) is 0. The molecule has 1 saturated heterocycles. The van der Waals surface area contributed by atoms with Gasteiger partial charge in [-0.25, -0.2) is 0 Å². The Morgan fingerprint density at radius 2 is 1.11 bits per heavy atom. The van der Waals surface area contributed by atoms with Crippen molar-refractivity contribution in [3.8, 4) is 0 Å². The van der Waals surface area contributed by atoms with Gasteiger partial charge in [0.25, 0.3) is 10.9 Å². The predicted molar refractivity (Wildman–Crippen MR) is 171 cm³/mol. The van der Waals surface area contributed by atoms with E-state index in [1.165, 1.54) is 0 Å². The Morgan fingerprint density at radius 3 is 1.52 bits per heavy atom. The molecule has 0 radical (unpaired) electrons. The number of aliphatic carboxylic acids is 3. The zero-order valence-corrected chi connectivity index (χ0v) is 26.9. The highest BCUT2D eigenvalue weighted by molar-refractivity contribution is 5.74. The molecule has 1 aromatic rings. The summed E-state index contributed by atoms with van der Waals surface area (Å²) in [5, 5.41) is 44.5. The number of hydrogen-bond acceptors (Lipinski definition) is 14. The van der Waals surface area contributed by atoms with Gasteiger partial charge in [-0.2, -0.15) is 5.48 Å². The molecule has 0 amide bonds. The van der Waals surface area contributed by atoms with Crippen molar-refractivity contribution in [1.29, 1.82) is 0 Å². The number of hydrogen-bond donors (Lipinski definition) is 7. The average Bonchev–Trinajstić information content (AvgIpc) is 2.97. The van der Waals surface area contributed by atoms with Gasteiger partial charge in [0.15, 0.2) is 0 Å². The zero-order chi connectivity index (χ0) is 34.1. The lowest BCUT2D eigenvalue weighted by atomic mass is 10.1. The molecular weight excluding hydrogens is 606 g/mol. The van der Waals surface area contributed by atoms with Gasteiger partial charge in [-0.3, -0.25) is 48.4 Å². The van der Waals surface area contributed by atoms with Crippen LogP contribution in [0.25, 0.3) is 0 Å². The van der Waals surface area contributed by atoms with Gasteiger partial charge in [0.1, 0.15) is 17.6 Å². The number of nitrogens with one attached hydrogen (secondary N) is 3. The molecule has 1 atom stereocenters. The molecule has 0 aliphatic carbocycles. The van der Waals surface area contributed by atoms with Crippen LogP contribution in [0.4, 0.5) is 11.4 Å². The summed E-state index contributed by atoms with van der Waals surface area (Å²) in [6.07, 6.45) is 1.86. The normalized spacial score (nSPS) is 17.4. The van der Waals surface area contributed by atoms with Crippen LogP contribution in [0, 0.1) is 5.92 Å². The molecule has 0 spiro atoms. The third kappa shape index (κ3) is 15.4. The minimum atomic E-state index is -1.14. The molecule has 1 aliphatic heterocycles. The zero-order valence-electron chi connectivity index (χ0n) is 26.9. The molecule has 17 nitrogen and oxygen atoms in total. The number of aliphatic hydroxyl groups excluding tert-OH is 1. The summed E-state index contributed by atoms with van der Waals surface area (Å²) in [7, 11) is 0. The number of rotatable bonds is 20. The number of carbonyl (C=O) groups is 3. The van der Waals surface area contributed by atoms with Crippen LogP contribution in [0.1, 0.15) is 33.1 Å². The Bertz CT molecular complexity index is 1130. The number of carboxylic acid groups (broad SMARTS) is 3. The van der Waals surface area contributed by atoms with E-state index in [0.29, 0.717) is 64.8 Å². The Balaban J connectivity index is 1.87. The van der Waals surface area contributed by atoms with E-state index >= 15 is 0 Å². The van der Waals surface area contributed by atoms with Gasteiger partial charge in [0, 0.05) is 72.0 Å². The van der Waals surface area contributed by atoms with Crippen molar-refractivity contribution in [2.24, 2.45) is 5.92 Å². The molecule has 1 unspecified atom stereocenters. The average molecular weight is 658 g/mol. The molecular formula is C29H51N7O10. The molecule has 0 saturated carbocycles. The van der Waals surface area contributed by atoms with Crippen molar-refractivity contribution >= 4 is 29.3 Å². The van der Waals surface area contributed by atoms with E-state index in [-0.39, 0.29) is 50.7 Å². The van der Waals surface area contributed by atoms with E-state index in [4.69, 9.17) is 4.84 Å². The van der Waals surface area contributed by atoms with Crippen LogP contribution in [0.15, 0.2) is 9.59 Å². The standard InChI is InChI=1S/C29H51N7O10/c1-21(2)5-3-4-6-30-26-27(29(45)28(26)44)31-7-16-46-32-22(37)17-33-8-10-34(18-23(38)39)12-14-36(20-25(42)43)15-13-35(11-9-33)19-24(40)41/h21-22,30-32,37H,3-20H2,1-2H3,(H,38,39)(H,40,41)(H,42,43). The Labute approximate surface area is 268 Å². The molecule has 0 bridgehead atoms. The fourth-order valence-electron chi connectivity index (χ4n) is 5.09. The van der Waals surface area contributed by atoms with Gasteiger partial charge >= 0.3 is 17.9 Å². The van der Waals surface area contributed by atoms with Gasteiger partial charge < -0.3 is 31.1 Å². The van der Waals surface area contributed by atoms with E-state index < -0.39 is 35.0 Å². The maximum Gasteiger partial charge on any atom is 0.317 e. The van der Waals surface area contributed by atoms with E-state index in [1.807, 2.05) is 4.90 Å². The maximum absolute atomic E-state index is 12.0. The molecule has 262 valence electrons. The summed E-state index contributed by atoms with van der Waals surface area (Å²) < 4.78 is 0. The number of nitrogens with zero attached hydrogens (tertiary/aromatic N) is 4. The third-order valence-corrected chi connectivity index (χ3v) is 7.58. The lowest BCUT2D eigenvalue weighted by Crippen LogP contribution is -2.50. The number of anilines is 2. The van der Waals surface area contributed by atoms with E-state index in [1.54, 1.807) is 14.7 Å². The summed E-state index contributed by atoms with van der Waals surface area (Å²) >= 11 is 0. The van der Waals surface area contributed by atoms with Crippen LogP contribution in [0.5, 0.6) is 0 Å². The molecule has 1 fully saturated rings. The summed E-state index contributed by atoms with van der Waals surface area (Å²) in [5.74, 6) is -2.46. The lowest BCUT2D eigenvalue weighted by Gasteiger charge is -2.33. The molecule has 1 heterocycles. The van der Waals surface area contributed by atoms with Gasteiger partial charge in [-0.15, -0.1) is 0 Å². The molecule has 1 aliphatic rings. The first-order valence-electron chi connectivity index (χ1n) is 15.8. The van der Waals surface area contributed by atoms with Crippen LogP contribution in [-0.2, 0) is 19.2 Å². The fraction of sp³-hybridized carbons (Fsp3) is 0.759. The van der Waals surface area contributed by atoms with Crippen molar-refractivity contribution in [1.82, 2.24) is 25.1 Å². The van der Waals surface area contributed by atoms with Gasteiger partial charge in [0.05, 0.1) is 26.2 Å². The van der Waals surface area contributed by atoms with Gasteiger partial charge in [-0.05, 0) is 12.3 Å². The van der Waals surface area contributed by atoms with Gasteiger partial charge in [-0.1, -0.05) is 26.7 Å². The Hall–Kier alpha value is -3.19. The summed E-state index contributed by atoms with van der Waals surface area (Å²) in [5.41, 5.74) is 1.91. The smallest absolute Gasteiger partial charge is 0.317 e. The second-order valence-corrected chi connectivity index (χ2v) is 11.9. The number of carboxylic acids is 3. The van der Waals surface area contributed by atoms with E-state index in [0.717, 1.165) is 19.3 Å². The van der Waals surface area contributed by atoms with Crippen molar-refractivity contribution in [2.45, 2.75) is 39.3 Å². The van der Waals surface area contributed by atoms with Crippen molar-refractivity contribution in [2.75, 3.05) is 109 Å². The number of hydroxylamine groups is 1. The van der Waals surface area contributed by atoms with Crippen LogP contribution in [0.2, 0.25) is 0 Å².